The van der Waals surface area contributed by atoms with Crippen molar-refractivity contribution < 1.29 is 5.11 Å². The maximum atomic E-state index is 11.1. The molecule has 140 valence electrons. The molecule has 0 radical (unpaired) electrons. The van der Waals surface area contributed by atoms with E-state index < -0.39 is 5.60 Å². The minimum Gasteiger partial charge on any atom is -0.388 e. The molecule has 1 N–H and O–H groups in total. The largest absolute Gasteiger partial charge is 0.388 e. The number of nitrogens with zero attached hydrogens (tertiary/aromatic N) is 4. The third-order valence-electron chi connectivity index (χ3n) is 5.78. The van der Waals surface area contributed by atoms with Crippen molar-refractivity contribution in [3.63, 3.8) is 0 Å². The number of hydrogen-bond donors (Lipinski definition) is 1. The Hall–Kier alpha value is -1.37. The molecule has 3 heterocycles. The summed E-state index contributed by atoms with van der Waals surface area (Å²) in [5.41, 5.74) is 0.433. The molecule has 0 amide bonds. The van der Waals surface area contributed by atoms with Crippen LogP contribution < -0.4 is 4.90 Å². The molecule has 2 aliphatic heterocycles. The van der Waals surface area contributed by atoms with E-state index in [0.29, 0.717) is 0 Å². The Morgan fingerprint density at radius 1 is 1.08 bits per heavy atom. The standard InChI is InChI=1S/C20H28N4OS/c1-26-16-5-6-18-17(13-16)19(22-15-21-18)24-11-7-20(25,8-12-24)14-23-9-3-2-4-10-23/h5-6,13,15,25H,2-4,7-12,14H2,1H3. The molecule has 4 rings (SSSR count). The van der Waals surface area contributed by atoms with Crippen LogP contribution in [-0.2, 0) is 0 Å². The topological polar surface area (TPSA) is 52.5 Å². The Kier molecular flexibility index (Phi) is 5.34. The van der Waals surface area contributed by atoms with Gasteiger partial charge in [0.1, 0.15) is 12.1 Å². The zero-order valence-electron chi connectivity index (χ0n) is 15.5. The van der Waals surface area contributed by atoms with Crippen LogP contribution in [0, 0.1) is 0 Å². The second kappa shape index (κ2) is 7.71. The van der Waals surface area contributed by atoms with Gasteiger partial charge in [0.2, 0.25) is 0 Å². The van der Waals surface area contributed by atoms with Crippen LogP contribution in [0.3, 0.4) is 0 Å². The number of aromatic nitrogens is 2. The number of benzene rings is 1. The van der Waals surface area contributed by atoms with E-state index in [1.165, 1.54) is 24.2 Å². The van der Waals surface area contributed by atoms with Crippen LogP contribution in [0.15, 0.2) is 29.4 Å². The normalized spacial score (nSPS) is 21.2. The van der Waals surface area contributed by atoms with E-state index in [1.807, 2.05) is 0 Å². The van der Waals surface area contributed by atoms with Gasteiger partial charge in [-0.1, -0.05) is 6.42 Å². The van der Waals surface area contributed by atoms with E-state index in [1.54, 1.807) is 18.1 Å². The highest BCUT2D eigenvalue weighted by Gasteiger charge is 2.35. The quantitative estimate of drug-likeness (QED) is 0.832. The maximum Gasteiger partial charge on any atom is 0.139 e. The Labute approximate surface area is 159 Å². The van der Waals surface area contributed by atoms with E-state index in [2.05, 4.69) is 44.2 Å². The van der Waals surface area contributed by atoms with Gasteiger partial charge >= 0.3 is 0 Å². The highest BCUT2D eigenvalue weighted by Crippen LogP contribution is 2.32. The number of rotatable bonds is 4. The second-order valence-corrected chi connectivity index (χ2v) is 8.51. The van der Waals surface area contributed by atoms with Crippen LogP contribution in [-0.4, -0.2) is 64.6 Å². The van der Waals surface area contributed by atoms with Crippen molar-refractivity contribution in [2.75, 3.05) is 43.9 Å². The maximum absolute atomic E-state index is 11.1. The molecule has 5 nitrogen and oxygen atoms in total. The number of fused-ring (bicyclic) bond motifs is 1. The summed E-state index contributed by atoms with van der Waals surface area (Å²) in [6, 6.07) is 6.37. The van der Waals surface area contributed by atoms with Crippen molar-refractivity contribution in [1.82, 2.24) is 14.9 Å². The number of anilines is 1. The first-order valence-corrected chi connectivity index (χ1v) is 10.9. The van der Waals surface area contributed by atoms with Gasteiger partial charge in [-0.3, -0.25) is 0 Å². The van der Waals surface area contributed by atoms with E-state index in [4.69, 9.17) is 0 Å². The molecular weight excluding hydrogens is 344 g/mol. The lowest BCUT2D eigenvalue weighted by Crippen LogP contribution is -2.52. The van der Waals surface area contributed by atoms with Crippen molar-refractivity contribution in [3.05, 3.63) is 24.5 Å². The van der Waals surface area contributed by atoms with Crippen LogP contribution in [0.1, 0.15) is 32.1 Å². The van der Waals surface area contributed by atoms with Crippen LogP contribution in [0.4, 0.5) is 5.82 Å². The van der Waals surface area contributed by atoms with Gasteiger partial charge in [0.15, 0.2) is 0 Å². The Bertz CT molecular complexity index is 755. The molecule has 1 aromatic carbocycles. The molecule has 0 atom stereocenters. The van der Waals surface area contributed by atoms with Crippen LogP contribution in [0.5, 0.6) is 0 Å². The lowest BCUT2D eigenvalue weighted by molar-refractivity contribution is -0.0201. The van der Waals surface area contributed by atoms with E-state index in [9.17, 15) is 5.11 Å². The molecule has 0 bridgehead atoms. The molecule has 0 aliphatic carbocycles. The summed E-state index contributed by atoms with van der Waals surface area (Å²) in [6.45, 7) is 4.79. The lowest BCUT2D eigenvalue weighted by Gasteiger charge is -2.42. The second-order valence-electron chi connectivity index (χ2n) is 7.63. The zero-order chi connectivity index (χ0) is 18.0. The average molecular weight is 373 g/mol. The van der Waals surface area contributed by atoms with Gasteiger partial charge in [0, 0.05) is 29.9 Å². The zero-order valence-corrected chi connectivity index (χ0v) is 16.3. The Balaban J connectivity index is 1.48. The highest BCUT2D eigenvalue weighted by molar-refractivity contribution is 7.98. The predicted octanol–water partition coefficient (Wildman–Crippen LogP) is 3.17. The van der Waals surface area contributed by atoms with Crippen molar-refractivity contribution in [3.8, 4) is 0 Å². The van der Waals surface area contributed by atoms with Gasteiger partial charge in [-0.2, -0.15) is 0 Å². The summed E-state index contributed by atoms with van der Waals surface area (Å²) in [6.07, 6.45) is 9.23. The molecule has 2 aromatic rings. The number of piperidine rings is 2. The Morgan fingerprint density at radius 3 is 2.58 bits per heavy atom. The molecule has 0 saturated carbocycles. The molecule has 6 heteroatoms. The number of β-amino-alcohol motifs (C(OH)–C–C–N with tert-alkyl or cyclic N) is 1. The molecule has 0 unspecified atom stereocenters. The summed E-state index contributed by atoms with van der Waals surface area (Å²) in [7, 11) is 0. The number of aliphatic hydroxyl groups is 1. The summed E-state index contributed by atoms with van der Waals surface area (Å²) in [4.78, 5) is 15.0. The summed E-state index contributed by atoms with van der Waals surface area (Å²) >= 11 is 1.74. The number of thioether (sulfide) groups is 1. The van der Waals surface area contributed by atoms with Crippen LogP contribution >= 0.6 is 11.8 Å². The van der Waals surface area contributed by atoms with Gasteiger partial charge < -0.3 is 14.9 Å². The molecule has 2 aliphatic rings. The van der Waals surface area contributed by atoms with E-state index >= 15 is 0 Å². The first-order valence-electron chi connectivity index (χ1n) is 9.65. The fourth-order valence-electron chi connectivity index (χ4n) is 4.23. The average Bonchev–Trinajstić information content (AvgIpc) is 2.68. The van der Waals surface area contributed by atoms with Gasteiger partial charge in [0.25, 0.3) is 0 Å². The molecular formula is C20H28N4OS. The SMILES string of the molecule is CSc1ccc2ncnc(N3CCC(O)(CN4CCCCC4)CC3)c2c1. The minimum absolute atomic E-state index is 0.554. The van der Waals surface area contributed by atoms with E-state index in [0.717, 1.165) is 62.3 Å². The van der Waals surface area contributed by atoms with Gasteiger partial charge in [-0.25, -0.2) is 9.97 Å². The summed E-state index contributed by atoms with van der Waals surface area (Å²) < 4.78 is 0. The predicted molar refractivity (Wildman–Crippen MR) is 108 cm³/mol. The fraction of sp³-hybridized carbons (Fsp3) is 0.600. The van der Waals surface area contributed by atoms with Crippen molar-refractivity contribution >= 4 is 28.5 Å². The molecule has 0 spiro atoms. The number of likely N-dealkylation sites (tertiary alicyclic amines) is 1. The lowest BCUT2D eigenvalue weighted by atomic mass is 9.90. The van der Waals surface area contributed by atoms with Crippen molar-refractivity contribution in [1.29, 1.82) is 0 Å². The monoisotopic (exact) mass is 372 g/mol. The van der Waals surface area contributed by atoms with Gasteiger partial charge in [-0.15, -0.1) is 11.8 Å². The van der Waals surface area contributed by atoms with Crippen LogP contribution in [0.2, 0.25) is 0 Å². The third kappa shape index (κ3) is 3.82. The smallest absolute Gasteiger partial charge is 0.139 e. The number of hydrogen-bond acceptors (Lipinski definition) is 6. The minimum atomic E-state index is -0.554. The van der Waals surface area contributed by atoms with Crippen molar-refractivity contribution in [2.24, 2.45) is 0 Å². The Morgan fingerprint density at radius 2 is 1.85 bits per heavy atom. The first kappa shape index (κ1) is 18.0. The molecule has 26 heavy (non-hydrogen) atoms. The van der Waals surface area contributed by atoms with Crippen molar-refractivity contribution in [2.45, 2.75) is 42.6 Å². The highest BCUT2D eigenvalue weighted by atomic mass is 32.2. The fourth-order valence-corrected chi connectivity index (χ4v) is 4.67. The van der Waals surface area contributed by atoms with Gasteiger partial charge in [0.05, 0.1) is 11.1 Å². The first-order chi connectivity index (χ1) is 12.7. The molecule has 1 aromatic heterocycles. The van der Waals surface area contributed by atoms with E-state index in [-0.39, 0.29) is 0 Å². The van der Waals surface area contributed by atoms with Crippen LogP contribution in [0.25, 0.3) is 10.9 Å². The van der Waals surface area contributed by atoms with Gasteiger partial charge in [-0.05, 0) is 63.2 Å². The summed E-state index contributed by atoms with van der Waals surface area (Å²) in [5.74, 6) is 1.01. The molecule has 2 saturated heterocycles. The molecule has 2 fully saturated rings. The third-order valence-corrected chi connectivity index (χ3v) is 6.51. The summed E-state index contributed by atoms with van der Waals surface area (Å²) in [5, 5.41) is 12.2.